The monoisotopic (exact) mass is 277 g/mol. The molecule has 0 saturated heterocycles. The quantitative estimate of drug-likeness (QED) is 0.885. The predicted octanol–water partition coefficient (Wildman–Crippen LogP) is 2.10. The highest BCUT2D eigenvalue weighted by molar-refractivity contribution is 5.43. The van der Waals surface area contributed by atoms with Gasteiger partial charge in [0.25, 0.3) is 0 Å². The fourth-order valence-electron chi connectivity index (χ4n) is 3.09. The molecule has 1 aliphatic carbocycles. The summed E-state index contributed by atoms with van der Waals surface area (Å²) in [5, 5.41) is 12.9. The molecule has 0 spiro atoms. The Morgan fingerprint density at radius 1 is 1.10 bits per heavy atom. The van der Waals surface area contributed by atoms with Crippen molar-refractivity contribution in [2.75, 3.05) is 19.8 Å². The largest absolute Gasteiger partial charge is 0.490 e. The Balaban J connectivity index is 1.61. The van der Waals surface area contributed by atoms with Crippen LogP contribution in [0.15, 0.2) is 18.2 Å². The van der Waals surface area contributed by atoms with Crippen LogP contribution in [0.5, 0.6) is 11.5 Å². The SMILES string of the molecule is OCC1CCCC1NCc1ccc2c(c1)OCCCO2. The van der Waals surface area contributed by atoms with E-state index in [4.69, 9.17) is 9.47 Å². The Kier molecular flexibility index (Phi) is 4.43. The molecule has 4 nitrogen and oxygen atoms in total. The maximum atomic E-state index is 9.35. The van der Waals surface area contributed by atoms with Crippen molar-refractivity contribution in [3.05, 3.63) is 23.8 Å². The van der Waals surface area contributed by atoms with Crippen LogP contribution in [0.1, 0.15) is 31.2 Å². The van der Waals surface area contributed by atoms with Crippen molar-refractivity contribution in [3.8, 4) is 11.5 Å². The fraction of sp³-hybridized carbons (Fsp3) is 0.625. The molecule has 0 aromatic heterocycles. The third-order valence-corrected chi connectivity index (χ3v) is 4.27. The summed E-state index contributed by atoms with van der Waals surface area (Å²) in [6.45, 7) is 2.56. The van der Waals surface area contributed by atoms with E-state index in [2.05, 4.69) is 17.4 Å². The highest BCUT2D eigenvalue weighted by Gasteiger charge is 2.25. The van der Waals surface area contributed by atoms with Crippen LogP contribution in [-0.4, -0.2) is 31.0 Å². The lowest BCUT2D eigenvalue weighted by Crippen LogP contribution is -2.33. The number of nitrogens with one attached hydrogen (secondary N) is 1. The van der Waals surface area contributed by atoms with E-state index in [-0.39, 0.29) is 0 Å². The normalized spacial score (nSPS) is 25.4. The van der Waals surface area contributed by atoms with Crippen LogP contribution in [0.3, 0.4) is 0 Å². The van der Waals surface area contributed by atoms with Crippen LogP contribution in [0, 0.1) is 5.92 Å². The molecule has 1 heterocycles. The van der Waals surface area contributed by atoms with E-state index in [1.807, 2.05) is 6.07 Å². The first-order valence-electron chi connectivity index (χ1n) is 7.59. The zero-order chi connectivity index (χ0) is 13.8. The van der Waals surface area contributed by atoms with Gasteiger partial charge in [-0.05, 0) is 36.5 Å². The lowest BCUT2D eigenvalue weighted by molar-refractivity contribution is 0.205. The average Bonchev–Trinajstić information content (AvgIpc) is 2.81. The van der Waals surface area contributed by atoms with E-state index in [1.165, 1.54) is 12.0 Å². The minimum absolute atomic E-state index is 0.290. The zero-order valence-electron chi connectivity index (χ0n) is 11.8. The number of rotatable bonds is 4. The van der Waals surface area contributed by atoms with Crippen LogP contribution < -0.4 is 14.8 Å². The van der Waals surface area contributed by atoms with E-state index in [1.54, 1.807) is 0 Å². The molecule has 0 bridgehead atoms. The second-order valence-corrected chi connectivity index (χ2v) is 5.69. The molecule has 2 atom stereocenters. The van der Waals surface area contributed by atoms with Gasteiger partial charge in [0.1, 0.15) is 0 Å². The summed E-state index contributed by atoms with van der Waals surface area (Å²) in [4.78, 5) is 0. The van der Waals surface area contributed by atoms with E-state index >= 15 is 0 Å². The molecule has 2 unspecified atom stereocenters. The van der Waals surface area contributed by atoms with Crippen molar-refractivity contribution in [2.24, 2.45) is 5.92 Å². The lowest BCUT2D eigenvalue weighted by atomic mass is 10.0. The van der Waals surface area contributed by atoms with Gasteiger partial charge >= 0.3 is 0 Å². The summed E-state index contributed by atoms with van der Waals surface area (Å²) in [6, 6.07) is 6.59. The van der Waals surface area contributed by atoms with Gasteiger partial charge in [-0.15, -0.1) is 0 Å². The third kappa shape index (κ3) is 3.07. The molecular formula is C16H23NO3. The molecule has 0 radical (unpaired) electrons. The van der Waals surface area contributed by atoms with Gasteiger partial charge in [0, 0.05) is 25.6 Å². The topological polar surface area (TPSA) is 50.7 Å². The molecule has 3 rings (SSSR count). The maximum absolute atomic E-state index is 9.35. The summed E-state index contributed by atoms with van der Waals surface area (Å²) in [5.41, 5.74) is 1.21. The number of benzene rings is 1. The van der Waals surface area contributed by atoms with E-state index in [0.717, 1.165) is 50.5 Å². The third-order valence-electron chi connectivity index (χ3n) is 4.27. The standard InChI is InChI=1S/C16H23NO3/c18-11-13-3-1-4-14(13)17-10-12-5-6-15-16(9-12)20-8-2-7-19-15/h5-6,9,13-14,17-18H,1-4,7-8,10-11H2. The Bertz CT molecular complexity index is 449. The summed E-state index contributed by atoms with van der Waals surface area (Å²) in [7, 11) is 0. The minimum Gasteiger partial charge on any atom is -0.490 e. The zero-order valence-corrected chi connectivity index (χ0v) is 11.8. The maximum Gasteiger partial charge on any atom is 0.161 e. The van der Waals surface area contributed by atoms with Gasteiger partial charge in [-0.25, -0.2) is 0 Å². The fourth-order valence-corrected chi connectivity index (χ4v) is 3.09. The molecule has 1 aromatic rings. The van der Waals surface area contributed by atoms with Crippen molar-refractivity contribution in [1.29, 1.82) is 0 Å². The van der Waals surface area contributed by atoms with Crippen molar-refractivity contribution in [2.45, 2.75) is 38.3 Å². The summed E-state index contributed by atoms with van der Waals surface area (Å²) in [6.07, 6.45) is 4.44. The predicted molar refractivity (Wildman–Crippen MR) is 77.1 cm³/mol. The molecule has 4 heteroatoms. The number of ether oxygens (including phenoxy) is 2. The highest BCUT2D eigenvalue weighted by Crippen LogP contribution is 2.31. The number of hydrogen-bond donors (Lipinski definition) is 2. The molecule has 20 heavy (non-hydrogen) atoms. The number of fused-ring (bicyclic) bond motifs is 1. The molecule has 110 valence electrons. The van der Waals surface area contributed by atoms with Crippen molar-refractivity contribution >= 4 is 0 Å². The first-order valence-corrected chi connectivity index (χ1v) is 7.59. The Labute approximate surface area is 120 Å². The molecule has 2 aliphatic rings. The van der Waals surface area contributed by atoms with Crippen LogP contribution in [0.25, 0.3) is 0 Å². The van der Waals surface area contributed by atoms with Gasteiger partial charge in [0.15, 0.2) is 11.5 Å². The van der Waals surface area contributed by atoms with Crippen LogP contribution >= 0.6 is 0 Å². The molecular weight excluding hydrogens is 254 g/mol. The smallest absolute Gasteiger partial charge is 0.161 e. The summed E-state index contributed by atoms with van der Waals surface area (Å²) >= 11 is 0. The van der Waals surface area contributed by atoms with Crippen molar-refractivity contribution in [1.82, 2.24) is 5.32 Å². The van der Waals surface area contributed by atoms with E-state index in [0.29, 0.717) is 18.6 Å². The van der Waals surface area contributed by atoms with Crippen LogP contribution in [-0.2, 0) is 6.54 Å². The molecule has 1 fully saturated rings. The summed E-state index contributed by atoms with van der Waals surface area (Å²) in [5.74, 6) is 2.11. The first-order chi connectivity index (χ1) is 9.86. The second kappa shape index (κ2) is 6.46. The number of aliphatic hydroxyl groups excluding tert-OH is 1. The van der Waals surface area contributed by atoms with Gasteiger partial charge in [-0.2, -0.15) is 0 Å². The van der Waals surface area contributed by atoms with E-state index in [9.17, 15) is 5.11 Å². The molecule has 0 amide bonds. The van der Waals surface area contributed by atoms with Gasteiger partial charge < -0.3 is 19.9 Å². The Morgan fingerprint density at radius 3 is 2.80 bits per heavy atom. The van der Waals surface area contributed by atoms with Crippen LogP contribution in [0.4, 0.5) is 0 Å². The summed E-state index contributed by atoms with van der Waals surface area (Å²) < 4.78 is 11.3. The Morgan fingerprint density at radius 2 is 1.95 bits per heavy atom. The van der Waals surface area contributed by atoms with E-state index < -0.39 is 0 Å². The number of hydrogen-bond acceptors (Lipinski definition) is 4. The first kappa shape index (κ1) is 13.7. The second-order valence-electron chi connectivity index (χ2n) is 5.69. The molecule has 1 aliphatic heterocycles. The Hall–Kier alpha value is -1.26. The van der Waals surface area contributed by atoms with Gasteiger partial charge in [0.2, 0.25) is 0 Å². The van der Waals surface area contributed by atoms with Crippen molar-refractivity contribution < 1.29 is 14.6 Å². The molecule has 1 saturated carbocycles. The minimum atomic E-state index is 0.290. The molecule has 2 N–H and O–H groups in total. The average molecular weight is 277 g/mol. The molecule has 1 aromatic carbocycles. The van der Waals surface area contributed by atoms with Crippen molar-refractivity contribution in [3.63, 3.8) is 0 Å². The lowest BCUT2D eigenvalue weighted by Gasteiger charge is -2.19. The highest BCUT2D eigenvalue weighted by atomic mass is 16.5. The number of aliphatic hydroxyl groups is 1. The van der Waals surface area contributed by atoms with Gasteiger partial charge in [-0.3, -0.25) is 0 Å². The van der Waals surface area contributed by atoms with Gasteiger partial charge in [0.05, 0.1) is 13.2 Å². The van der Waals surface area contributed by atoms with Crippen LogP contribution in [0.2, 0.25) is 0 Å². The van der Waals surface area contributed by atoms with Gasteiger partial charge in [-0.1, -0.05) is 12.5 Å².